The van der Waals surface area contributed by atoms with Gasteiger partial charge in [0.2, 0.25) is 0 Å². The van der Waals surface area contributed by atoms with Crippen molar-refractivity contribution in [3.8, 4) is 0 Å². The Morgan fingerprint density at radius 3 is 2.79 bits per heavy atom. The van der Waals surface area contributed by atoms with Crippen LogP contribution < -0.4 is 10.6 Å². The summed E-state index contributed by atoms with van der Waals surface area (Å²) >= 11 is 0. The predicted molar refractivity (Wildman–Crippen MR) is 72.9 cm³/mol. The highest BCUT2D eigenvalue weighted by molar-refractivity contribution is 6.08. The van der Waals surface area contributed by atoms with E-state index in [1.54, 1.807) is 31.4 Å². The number of pyridine rings is 1. The number of aromatic nitrogens is 1. The van der Waals surface area contributed by atoms with Gasteiger partial charge in [-0.15, -0.1) is 0 Å². The summed E-state index contributed by atoms with van der Waals surface area (Å²) in [7, 11) is 1.58. The Hall–Kier alpha value is -2.43. The standard InChI is InChI=1S/C14H14FN3O/c1-9-8-10(6-7-17-9)18-14(19)11-4-3-5-12(15)13(11)16-2/h3-8,16H,1-2H3,(H,17,18,19). The normalized spacial score (nSPS) is 10.1. The molecule has 0 atom stereocenters. The van der Waals surface area contributed by atoms with Gasteiger partial charge in [0.1, 0.15) is 5.82 Å². The van der Waals surface area contributed by atoms with Crippen LogP contribution in [0.25, 0.3) is 0 Å². The molecule has 1 heterocycles. The highest BCUT2D eigenvalue weighted by Gasteiger charge is 2.14. The Balaban J connectivity index is 2.28. The molecule has 5 heteroatoms. The summed E-state index contributed by atoms with van der Waals surface area (Å²) in [6.45, 7) is 1.83. The molecule has 19 heavy (non-hydrogen) atoms. The molecule has 0 saturated heterocycles. The summed E-state index contributed by atoms with van der Waals surface area (Å²) in [6.07, 6.45) is 1.61. The molecular weight excluding hydrogens is 245 g/mol. The second-order valence-corrected chi connectivity index (χ2v) is 4.05. The largest absolute Gasteiger partial charge is 0.385 e. The van der Waals surface area contributed by atoms with Crippen LogP contribution in [0.1, 0.15) is 16.1 Å². The number of para-hydroxylation sites is 1. The second kappa shape index (κ2) is 5.48. The van der Waals surface area contributed by atoms with Crippen LogP contribution in [0.5, 0.6) is 0 Å². The van der Waals surface area contributed by atoms with Gasteiger partial charge in [0.25, 0.3) is 5.91 Å². The molecule has 2 N–H and O–H groups in total. The summed E-state index contributed by atoms with van der Waals surface area (Å²) < 4.78 is 13.6. The first-order valence-corrected chi connectivity index (χ1v) is 5.82. The minimum absolute atomic E-state index is 0.186. The van der Waals surface area contributed by atoms with Crippen LogP contribution in [0.3, 0.4) is 0 Å². The topological polar surface area (TPSA) is 54.0 Å². The first kappa shape index (κ1) is 13.0. The molecule has 0 radical (unpaired) electrons. The molecule has 4 nitrogen and oxygen atoms in total. The molecule has 0 unspecified atom stereocenters. The zero-order valence-corrected chi connectivity index (χ0v) is 10.7. The van der Waals surface area contributed by atoms with E-state index in [0.717, 1.165) is 5.69 Å². The number of halogens is 1. The first-order valence-electron chi connectivity index (χ1n) is 5.82. The molecule has 2 rings (SSSR count). The number of amides is 1. The summed E-state index contributed by atoms with van der Waals surface area (Å²) in [5.74, 6) is -0.824. The Morgan fingerprint density at radius 2 is 2.11 bits per heavy atom. The quantitative estimate of drug-likeness (QED) is 0.891. The summed E-state index contributed by atoms with van der Waals surface area (Å²) in [5.41, 5.74) is 1.87. The Morgan fingerprint density at radius 1 is 1.32 bits per heavy atom. The minimum atomic E-state index is -0.457. The maximum Gasteiger partial charge on any atom is 0.257 e. The summed E-state index contributed by atoms with van der Waals surface area (Å²) in [5, 5.41) is 5.41. The van der Waals surface area contributed by atoms with Crippen molar-refractivity contribution < 1.29 is 9.18 Å². The third kappa shape index (κ3) is 2.88. The number of rotatable bonds is 3. The van der Waals surface area contributed by atoms with Crippen LogP contribution in [-0.2, 0) is 0 Å². The van der Waals surface area contributed by atoms with Gasteiger partial charge in [-0.25, -0.2) is 4.39 Å². The number of nitrogens with one attached hydrogen (secondary N) is 2. The van der Waals surface area contributed by atoms with Crippen molar-refractivity contribution in [2.75, 3.05) is 17.7 Å². The van der Waals surface area contributed by atoms with Crippen molar-refractivity contribution in [1.29, 1.82) is 0 Å². The van der Waals surface area contributed by atoms with E-state index in [-0.39, 0.29) is 17.2 Å². The van der Waals surface area contributed by atoms with Crippen molar-refractivity contribution in [2.45, 2.75) is 6.92 Å². The van der Waals surface area contributed by atoms with E-state index >= 15 is 0 Å². The lowest BCUT2D eigenvalue weighted by molar-refractivity contribution is 0.102. The number of carbonyl (C=O) groups is 1. The van der Waals surface area contributed by atoms with Gasteiger partial charge in [0.05, 0.1) is 11.3 Å². The number of carbonyl (C=O) groups excluding carboxylic acids is 1. The average molecular weight is 259 g/mol. The van der Waals surface area contributed by atoms with Gasteiger partial charge in [-0.05, 0) is 31.2 Å². The number of nitrogens with zero attached hydrogens (tertiary/aromatic N) is 1. The smallest absolute Gasteiger partial charge is 0.257 e. The summed E-state index contributed by atoms with van der Waals surface area (Å²) in [6, 6.07) is 7.81. The molecule has 1 aromatic heterocycles. The van der Waals surface area contributed by atoms with Crippen LogP contribution in [0, 0.1) is 12.7 Å². The molecule has 0 aliphatic carbocycles. The molecule has 1 aromatic carbocycles. The number of aryl methyl sites for hydroxylation is 1. The molecule has 2 aromatic rings. The molecule has 98 valence electrons. The van der Waals surface area contributed by atoms with Crippen molar-refractivity contribution in [3.63, 3.8) is 0 Å². The molecule has 0 spiro atoms. The van der Waals surface area contributed by atoms with Gasteiger partial charge in [-0.2, -0.15) is 0 Å². The van der Waals surface area contributed by atoms with Crippen LogP contribution in [0.2, 0.25) is 0 Å². The third-order valence-electron chi connectivity index (χ3n) is 2.66. The number of hydrogen-bond acceptors (Lipinski definition) is 3. The van der Waals surface area contributed by atoms with Crippen molar-refractivity contribution in [2.24, 2.45) is 0 Å². The molecular formula is C14H14FN3O. The van der Waals surface area contributed by atoms with Crippen LogP contribution >= 0.6 is 0 Å². The van der Waals surface area contributed by atoms with E-state index in [1.165, 1.54) is 12.1 Å². The zero-order valence-electron chi connectivity index (χ0n) is 10.7. The zero-order chi connectivity index (χ0) is 13.8. The molecule has 0 aliphatic heterocycles. The lowest BCUT2D eigenvalue weighted by atomic mass is 10.1. The van der Waals surface area contributed by atoms with Crippen molar-refractivity contribution in [1.82, 2.24) is 4.98 Å². The molecule has 0 bridgehead atoms. The van der Waals surface area contributed by atoms with E-state index < -0.39 is 5.82 Å². The van der Waals surface area contributed by atoms with E-state index in [4.69, 9.17) is 0 Å². The molecule has 1 amide bonds. The van der Waals surface area contributed by atoms with Gasteiger partial charge in [-0.1, -0.05) is 6.07 Å². The fourth-order valence-electron chi connectivity index (χ4n) is 1.79. The highest BCUT2D eigenvalue weighted by atomic mass is 19.1. The predicted octanol–water partition coefficient (Wildman–Crippen LogP) is 2.82. The summed E-state index contributed by atoms with van der Waals surface area (Å²) in [4.78, 5) is 16.2. The van der Waals surface area contributed by atoms with Crippen molar-refractivity contribution >= 4 is 17.3 Å². The molecule has 0 saturated carbocycles. The number of benzene rings is 1. The SMILES string of the molecule is CNc1c(F)cccc1C(=O)Nc1ccnc(C)c1. The average Bonchev–Trinajstić information content (AvgIpc) is 2.38. The maximum absolute atomic E-state index is 13.6. The second-order valence-electron chi connectivity index (χ2n) is 4.05. The number of hydrogen-bond donors (Lipinski definition) is 2. The minimum Gasteiger partial charge on any atom is -0.385 e. The Kier molecular flexibility index (Phi) is 3.75. The van der Waals surface area contributed by atoms with E-state index in [2.05, 4.69) is 15.6 Å². The van der Waals surface area contributed by atoms with Gasteiger partial charge in [0, 0.05) is 24.6 Å². The fraction of sp³-hybridized carbons (Fsp3) is 0.143. The highest BCUT2D eigenvalue weighted by Crippen LogP contribution is 2.20. The van der Waals surface area contributed by atoms with Crippen LogP contribution in [0.4, 0.5) is 15.8 Å². The fourth-order valence-corrected chi connectivity index (χ4v) is 1.79. The number of anilines is 2. The molecule has 0 aliphatic rings. The monoisotopic (exact) mass is 259 g/mol. The van der Waals surface area contributed by atoms with Crippen molar-refractivity contribution in [3.05, 3.63) is 53.6 Å². The lowest BCUT2D eigenvalue weighted by Crippen LogP contribution is -2.15. The van der Waals surface area contributed by atoms with Gasteiger partial charge in [-0.3, -0.25) is 9.78 Å². The lowest BCUT2D eigenvalue weighted by Gasteiger charge is -2.10. The van der Waals surface area contributed by atoms with E-state index in [1.807, 2.05) is 6.92 Å². The van der Waals surface area contributed by atoms with Gasteiger partial charge >= 0.3 is 0 Å². The van der Waals surface area contributed by atoms with E-state index in [0.29, 0.717) is 5.69 Å². The van der Waals surface area contributed by atoms with E-state index in [9.17, 15) is 9.18 Å². The van der Waals surface area contributed by atoms with Crippen LogP contribution in [-0.4, -0.2) is 17.9 Å². The molecule has 0 fully saturated rings. The van der Waals surface area contributed by atoms with Gasteiger partial charge in [0.15, 0.2) is 0 Å². The Labute approximate surface area is 110 Å². The first-order chi connectivity index (χ1) is 9.11. The third-order valence-corrected chi connectivity index (χ3v) is 2.66. The maximum atomic E-state index is 13.6. The van der Waals surface area contributed by atoms with Crippen LogP contribution in [0.15, 0.2) is 36.5 Å². The van der Waals surface area contributed by atoms with Gasteiger partial charge < -0.3 is 10.6 Å². The Bertz CT molecular complexity index is 613.